The number of carbonyl (C=O) groups excluding carboxylic acids is 1. The number of hydrogen-bond donors (Lipinski definition) is 2. The quantitative estimate of drug-likeness (QED) is 0.274. The van der Waals surface area contributed by atoms with Crippen LogP contribution < -0.4 is 14.8 Å². The van der Waals surface area contributed by atoms with Crippen LogP contribution in [0.4, 0.5) is 24.5 Å². The van der Waals surface area contributed by atoms with Gasteiger partial charge in [-0.15, -0.1) is 0 Å². The largest absolute Gasteiger partial charge is 0.516 e. The summed E-state index contributed by atoms with van der Waals surface area (Å²) in [6.07, 6.45) is 2.74. The van der Waals surface area contributed by atoms with Crippen LogP contribution in [0.5, 0.6) is 5.75 Å². The summed E-state index contributed by atoms with van der Waals surface area (Å²) in [4.78, 5) is 17.1. The monoisotopic (exact) mass is 589 g/mol. The Morgan fingerprint density at radius 3 is 2.20 bits per heavy atom. The molecule has 0 aliphatic carbocycles. The van der Waals surface area contributed by atoms with Crippen LogP contribution >= 0.6 is 11.8 Å². The van der Waals surface area contributed by atoms with Gasteiger partial charge in [0.2, 0.25) is 0 Å². The van der Waals surface area contributed by atoms with Crippen LogP contribution in [0.3, 0.4) is 0 Å². The number of rotatable bonds is 9. The predicted octanol–water partition coefficient (Wildman–Crippen LogP) is 6.62. The molecule has 210 valence electrons. The summed E-state index contributed by atoms with van der Waals surface area (Å²) in [7, 11) is -5.52. The number of nitrogens with one attached hydrogen (secondary N) is 2. The molecule has 1 aliphatic rings. The van der Waals surface area contributed by atoms with Crippen LogP contribution in [-0.2, 0) is 27.8 Å². The highest BCUT2D eigenvalue weighted by atomic mass is 32.2. The average Bonchev–Trinajstić information content (AvgIpc) is 3.22. The molecule has 7 nitrogen and oxygen atoms in total. The van der Waals surface area contributed by atoms with Crippen molar-refractivity contribution >= 4 is 50.3 Å². The van der Waals surface area contributed by atoms with Crippen LogP contribution in [0.25, 0.3) is 6.08 Å². The van der Waals surface area contributed by atoms with Gasteiger partial charge in [0, 0.05) is 5.69 Å². The number of amidine groups is 1. The number of nitrogens with zero attached hydrogens (tertiary/aromatic N) is 1. The Labute approximate surface area is 234 Å². The lowest BCUT2D eigenvalue weighted by Crippen LogP contribution is -2.29. The highest BCUT2D eigenvalue weighted by molar-refractivity contribution is 8.18. The second-order valence-electron chi connectivity index (χ2n) is 9.35. The van der Waals surface area contributed by atoms with Crippen LogP contribution in [0, 0.1) is 5.92 Å². The number of benzene rings is 3. The number of thioether (sulfide) groups is 1. The summed E-state index contributed by atoms with van der Waals surface area (Å²) >= 11 is 1.10. The van der Waals surface area contributed by atoms with Gasteiger partial charge in [0.1, 0.15) is 12.4 Å². The number of halogens is 3. The predicted molar refractivity (Wildman–Crippen MR) is 152 cm³/mol. The minimum Gasteiger partial charge on any atom is -0.489 e. The second-order valence-corrected chi connectivity index (χ2v) is 12.1. The molecule has 0 aromatic heterocycles. The van der Waals surface area contributed by atoms with Crippen molar-refractivity contribution in [2.75, 3.05) is 4.72 Å². The van der Waals surface area contributed by atoms with Gasteiger partial charge in [0.15, 0.2) is 5.17 Å². The van der Waals surface area contributed by atoms with Crippen molar-refractivity contribution in [3.8, 4) is 5.75 Å². The van der Waals surface area contributed by atoms with E-state index < -0.39 is 15.5 Å². The zero-order valence-electron chi connectivity index (χ0n) is 21.5. The first kappa shape index (κ1) is 29.2. The second kappa shape index (κ2) is 12.2. The summed E-state index contributed by atoms with van der Waals surface area (Å²) < 4.78 is 67.4. The van der Waals surface area contributed by atoms with E-state index in [1.165, 1.54) is 22.4 Å². The number of sulfonamides is 1. The molecule has 0 radical (unpaired) electrons. The van der Waals surface area contributed by atoms with Crippen molar-refractivity contribution in [2.45, 2.75) is 32.4 Å². The molecular weight excluding hydrogens is 563 g/mol. The van der Waals surface area contributed by atoms with E-state index in [4.69, 9.17) is 4.74 Å². The fourth-order valence-corrected chi connectivity index (χ4v) is 5.04. The van der Waals surface area contributed by atoms with Gasteiger partial charge >= 0.3 is 15.5 Å². The zero-order valence-corrected chi connectivity index (χ0v) is 23.2. The average molecular weight is 590 g/mol. The van der Waals surface area contributed by atoms with Crippen molar-refractivity contribution < 1.29 is 31.1 Å². The molecule has 1 fully saturated rings. The molecule has 1 amide bonds. The summed E-state index contributed by atoms with van der Waals surface area (Å²) in [5.41, 5.74) is -2.22. The van der Waals surface area contributed by atoms with E-state index in [9.17, 15) is 26.4 Å². The maximum Gasteiger partial charge on any atom is 0.516 e. The molecule has 0 saturated carbocycles. The molecular formula is C28H26F3N3O4S2. The molecule has 0 spiro atoms. The standard InChI is InChI=1S/C28H26F3N3O4S2/c1-18(2)15-19-3-5-21(6-4-19)17-38-24-13-7-20(8-14-24)16-25-26(35)33-27(39-25)32-22-9-11-23(12-10-22)34-40(36,37)28(29,30)31/h3-14,16,18,34H,15,17H2,1-2H3,(H,32,33,35)/b25-16-. The summed E-state index contributed by atoms with van der Waals surface area (Å²) in [6.45, 7) is 4.82. The van der Waals surface area contributed by atoms with Gasteiger partial charge in [0.05, 0.1) is 10.6 Å². The lowest BCUT2D eigenvalue weighted by molar-refractivity contribution is -0.115. The summed E-state index contributed by atoms with van der Waals surface area (Å²) in [5, 5.41) is 2.91. The number of carbonyl (C=O) groups is 1. The minimum absolute atomic E-state index is 0.267. The van der Waals surface area contributed by atoms with Crippen LogP contribution in [0.15, 0.2) is 82.7 Å². The molecule has 1 heterocycles. The summed E-state index contributed by atoms with van der Waals surface area (Å²) in [6, 6.07) is 20.6. The van der Waals surface area contributed by atoms with Gasteiger partial charge in [-0.05, 0) is 83.3 Å². The van der Waals surface area contributed by atoms with Crippen LogP contribution in [0.2, 0.25) is 0 Å². The number of anilines is 1. The van der Waals surface area contributed by atoms with Crippen molar-refractivity contribution in [1.29, 1.82) is 0 Å². The first-order valence-electron chi connectivity index (χ1n) is 12.2. The fraction of sp³-hybridized carbons (Fsp3) is 0.214. The summed E-state index contributed by atoms with van der Waals surface area (Å²) in [5.74, 6) is 0.949. The first-order chi connectivity index (χ1) is 18.9. The van der Waals surface area contributed by atoms with E-state index in [2.05, 4.69) is 48.4 Å². The molecule has 0 atom stereocenters. The smallest absolute Gasteiger partial charge is 0.489 e. The van der Waals surface area contributed by atoms with Gasteiger partial charge < -0.3 is 10.1 Å². The zero-order chi connectivity index (χ0) is 28.9. The van der Waals surface area contributed by atoms with E-state index in [-0.39, 0.29) is 16.8 Å². The molecule has 1 aliphatic heterocycles. The molecule has 3 aromatic carbocycles. The Hall–Kier alpha value is -3.77. The van der Waals surface area contributed by atoms with Gasteiger partial charge in [-0.2, -0.15) is 21.6 Å². The maximum atomic E-state index is 12.5. The number of amides is 1. The molecule has 12 heteroatoms. The highest BCUT2D eigenvalue weighted by Crippen LogP contribution is 2.30. The number of aliphatic imine (C=N–C) groups is 1. The third-order valence-electron chi connectivity index (χ3n) is 5.56. The Balaban J connectivity index is 1.34. The van der Waals surface area contributed by atoms with E-state index in [0.29, 0.717) is 28.9 Å². The SMILES string of the molecule is CC(C)Cc1ccc(COc2ccc(/C=C3\SC(=Nc4ccc(NS(=O)(=O)C(F)(F)F)cc4)NC3=O)cc2)cc1. The third kappa shape index (κ3) is 7.89. The van der Waals surface area contributed by atoms with Crippen molar-refractivity contribution in [3.05, 3.63) is 94.4 Å². The first-order valence-corrected chi connectivity index (χ1v) is 14.5. The fourth-order valence-electron chi connectivity index (χ4n) is 3.64. The molecule has 3 aromatic rings. The van der Waals surface area contributed by atoms with E-state index in [1.54, 1.807) is 6.08 Å². The molecule has 4 rings (SSSR count). The molecule has 40 heavy (non-hydrogen) atoms. The van der Waals surface area contributed by atoms with E-state index in [1.807, 2.05) is 24.3 Å². The van der Waals surface area contributed by atoms with Gasteiger partial charge in [-0.1, -0.05) is 50.2 Å². The van der Waals surface area contributed by atoms with E-state index >= 15 is 0 Å². The normalized spacial score (nSPS) is 16.0. The lowest BCUT2D eigenvalue weighted by Gasteiger charge is -2.10. The van der Waals surface area contributed by atoms with E-state index in [0.717, 1.165) is 41.4 Å². The Kier molecular flexibility index (Phi) is 8.89. The minimum atomic E-state index is -5.52. The number of alkyl halides is 3. The Morgan fingerprint density at radius 2 is 1.60 bits per heavy atom. The molecule has 1 saturated heterocycles. The van der Waals surface area contributed by atoms with Crippen molar-refractivity contribution in [2.24, 2.45) is 10.9 Å². The molecule has 0 unspecified atom stereocenters. The Bertz CT molecular complexity index is 1520. The van der Waals surface area contributed by atoms with Gasteiger partial charge in [-0.3, -0.25) is 9.52 Å². The maximum absolute atomic E-state index is 12.5. The van der Waals surface area contributed by atoms with Crippen molar-refractivity contribution in [3.63, 3.8) is 0 Å². The van der Waals surface area contributed by atoms with Gasteiger partial charge in [0.25, 0.3) is 5.91 Å². The number of hydrogen-bond acceptors (Lipinski definition) is 6. The highest BCUT2D eigenvalue weighted by Gasteiger charge is 2.46. The topological polar surface area (TPSA) is 96.9 Å². The molecule has 0 bridgehead atoms. The lowest BCUT2D eigenvalue weighted by atomic mass is 10.0. The van der Waals surface area contributed by atoms with Crippen LogP contribution in [0.1, 0.15) is 30.5 Å². The van der Waals surface area contributed by atoms with Crippen molar-refractivity contribution in [1.82, 2.24) is 5.32 Å². The number of ether oxygens (including phenoxy) is 1. The van der Waals surface area contributed by atoms with Gasteiger partial charge in [-0.25, -0.2) is 4.99 Å². The third-order valence-corrected chi connectivity index (χ3v) is 7.58. The Morgan fingerprint density at radius 1 is 0.975 bits per heavy atom. The van der Waals surface area contributed by atoms with Crippen LogP contribution in [-0.4, -0.2) is 25.0 Å². The molecule has 2 N–H and O–H groups in total.